The number of amides is 1. The highest BCUT2D eigenvalue weighted by Crippen LogP contribution is 2.19. The van der Waals surface area contributed by atoms with Crippen LogP contribution in [0.3, 0.4) is 0 Å². The summed E-state index contributed by atoms with van der Waals surface area (Å²) in [6.07, 6.45) is 5.05. The minimum atomic E-state index is -3.78. The standard InChI is InChI=1S/C23H26N4O4S/c1-18-4-5-21(32(29,30)25-16-20-3-2-14-31-20)15-22(18)23(28)27-12-10-26(11-13-27)17-19-6-8-24-9-7-19/h2-9,14-15,25H,10-13,16-17H2,1H3. The minimum absolute atomic E-state index is 0.0475. The number of aryl methyl sites for hydroxylation is 1. The summed E-state index contributed by atoms with van der Waals surface area (Å²) in [4.78, 5) is 21.4. The zero-order chi connectivity index (χ0) is 22.6. The summed E-state index contributed by atoms with van der Waals surface area (Å²) in [5, 5.41) is 0. The fourth-order valence-corrected chi connectivity index (χ4v) is 4.71. The topological polar surface area (TPSA) is 95.7 Å². The van der Waals surface area contributed by atoms with E-state index in [-0.39, 0.29) is 17.3 Å². The highest BCUT2D eigenvalue weighted by atomic mass is 32.2. The molecular weight excluding hydrogens is 428 g/mol. The molecule has 0 bridgehead atoms. The van der Waals surface area contributed by atoms with Gasteiger partial charge in [0.05, 0.1) is 17.7 Å². The van der Waals surface area contributed by atoms with Gasteiger partial charge >= 0.3 is 0 Å². The van der Waals surface area contributed by atoms with E-state index in [0.717, 1.165) is 25.2 Å². The zero-order valence-electron chi connectivity index (χ0n) is 17.9. The van der Waals surface area contributed by atoms with Crippen LogP contribution in [0, 0.1) is 6.92 Å². The van der Waals surface area contributed by atoms with Crippen molar-refractivity contribution in [3.05, 3.63) is 83.6 Å². The van der Waals surface area contributed by atoms with Crippen molar-refractivity contribution in [2.45, 2.75) is 24.9 Å². The van der Waals surface area contributed by atoms with Crippen molar-refractivity contribution in [3.63, 3.8) is 0 Å². The Bertz CT molecular complexity index is 1160. The molecular formula is C23H26N4O4S. The van der Waals surface area contributed by atoms with Crippen LogP contribution in [0.15, 0.2) is 70.4 Å². The molecule has 0 atom stereocenters. The monoisotopic (exact) mass is 454 g/mol. The first kappa shape index (κ1) is 22.2. The molecule has 1 aromatic carbocycles. The van der Waals surface area contributed by atoms with Gasteiger partial charge in [0, 0.05) is 50.7 Å². The van der Waals surface area contributed by atoms with Crippen molar-refractivity contribution < 1.29 is 17.6 Å². The first-order valence-electron chi connectivity index (χ1n) is 10.5. The number of carbonyl (C=O) groups excluding carboxylic acids is 1. The number of pyridine rings is 1. The van der Waals surface area contributed by atoms with Crippen LogP contribution < -0.4 is 4.72 Å². The molecule has 1 N–H and O–H groups in total. The molecule has 0 aliphatic carbocycles. The molecule has 4 rings (SSSR count). The lowest BCUT2D eigenvalue weighted by atomic mass is 10.1. The summed E-state index contributed by atoms with van der Waals surface area (Å²) < 4.78 is 33.1. The molecule has 1 amide bonds. The van der Waals surface area contributed by atoms with E-state index >= 15 is 0 Å². The lowest BCUT2D eigenvalue weighted by Gasteiger charge is -2.35. The van der Waals surface area contributed by atoms with E-state index in [1.165, 1.54) is 24.0 Å². The first-order chi connectivity index (χ1) is 15.4. The molecule has 3 aromatic rings. The maximum Gasteiger partial charge on any atom is 0.254 e. The SMILES string of the molecule is Cc1ccc(S(=O)(=O)NCc2ccco2)cc1C(=O)N1CCN(Cc2ccncc2)CC1. The lowest BCUT2D eigenvalue weighted by Crippen LogP contribution is -2.48. The number of carbonyl (C=O) groups is 1. The molecule has 9 heteroatoms. The maximum absolute atomic E-state index is 13.2. The van der Waals surface area contributed by atoms with Gasteiger partial charge in [0.2, 0.25) is 10.0 Å². The number of nitrogens with one attached hydrogen (secondary N) is 1. The van der Waals surface area contributed by atoms with Gasteiger partial charge in [-0.05, 0) is 54.4 Å². The van der Waals surface area contributed by atoms with Gasteiger partial charge in [-0.2, -0.15) is 0 Å². The second-order valence-corrected chi connectivity index (χ2v) is 9.57. The van der Waals surface area contributed by atoms with Crippen molar-refractivity contribution in [1.29, 1.82) is 0 Å². The van der Waals surface area contributed by atoms with Crippen molar-refractivity contribution >= 4 is 15.9 Å². The number of nitrogens with zero attached hydrogens (tertiary/aromatic N) is 3. The summed E-state index contributed by atoms with van der Waals surface area (Å²) in [7, 11) is -3.78. The molecule has 1 fully saturated rings. The van der Waals surface area contributed by atoms with Gasteiger partial charge in [0.1, 0.15) is 5.76 Å². The second-order valence-electron chi connectivity index (χ2n) is 7.80. The Balaban J connectivity index is 1.41. The molecule has 32 heavy (non-hydrogen) atoms. The van der Waals surface area contributed by atoms with Crippen LogP contribution in [0.1, 0.15) is 27.2 Å². The first-order valence-corrected chi connectivity index (χ1v) is 11.9. The van der Waals surface area contributed by atoms with Crippen LogP contribution in [-0.4, -0.2) is 55.3 Å². The smallest absolute Gasteiger partial charge is 0.254 e. The Labute approximate surface area is 187 Å². The summed E-state index contributed by atoms with van der Waals surface area (Å²) in [6, 6.07) is 12.0. The van der Waals surface area contributed by atoms with Gasteiger partial charge < -0.3 is 9.32 Å². The number of hydrogen-bond acceptors (Lipinski definition) is 6. The van der Waals surface area contributed by atoms with E-state index in [2.05, 4.69) is 14.6 Å². The molecule has 0 unspecified atom stereocenters. The maximum atomic E-state index is 13.2. The van der Waals surface area contributed by atoms with E-state index in [9.17, 15) is 13.2 Å². The fourth-order valence-electron chi connectivity index (χ4n) is 3.69. The fraction of sp³-hybridized carbons (Fsp3) is 0.304. The normalized spacial score (nSPS) is 15.1. The summed E-state index contributed by atoms with van der Waals surface area (Å²) in [6.45, 7) is 5.39. The van der Waals surface area contributed by atoms with Crippen LogP contribution in [0.25, 0.3) is 0 Å². The lowest BCUT2D eigenvalue weighted by molar-refractivity contribution is 0.0627. The Kier molecular flexibility index (Phi) is 6.69. The molecule has 2 aromatic heterocycles. The van der Waals surface area contributed by atoms with E-state index < -0.39 is 10.0 Å². The third-order valence-corrected chi connectivity index (χ3v) is 6.98. The summed E-state index contributed by atoms with van der Waals surface area (Å²) in [5.41, 5.74) is 2.35. The zero-order valence-corrected chi connectivity index (χ0v) is 18.7. The number of piperazine rings is 1. The minimum Gasteiger partial charge on any atom is -0.468 e. The van der Waals surface area contributed by atoms with Gasteiger partial charge in [-0.15, -0.1) is 0 Å². The molecule has 1 aliphatic rings. The van der Waals surface area contributed by atoms with Gasteiger partial charge in [-0.3, -0.25) is 14.7 Å². The molecule has 8 nitrogen and oxygen atoms in total. The van der Waals surface area contributed by atoms with Crippen molar-refractivity contribution in [3.8, 4) is 0 Å². The van der Waals surface area contributed by atoms with Gasteiger partial charge in [-0.25, -0.2) is 13.1 Å². The van der Waals surface area contributed by atoms with Crippen LogP contribution in [0.2, 0.25) is 0 Å². The second kappa shape index (κ2) is 9.64. The van der Waals surface area contributed by atoms with E-state index in [4.69, 9.17) is 4.42 Å². The number of hydrogen-bond donors (Lipinski definition) is 1. The van der Waals surface area contributed by atoms with E-state index in [1.807, 2.05) is 19.1 Å². The van der Waals surface area contributed by atoms with Crippen LogP contribution >= 0.6 is 0 Å². The predicted molar refractivity (Wildman–Crippen MR) is 119 cm³/mol. The quantitative estimate of drug-likeness (QED) is 0.589. The molecule has 0 saturated carbocycles. The van der Waals surface area contributed by atoms with E-state index in [1.54, 1.807) is 35.5 Å². The van der Waals surface area contributed by atoms with E-state index in [0.29, 0.717) is 24.4 Å². The van der Waals surface area contributed by atoms with Gasteiger partial charge in [-0.1, -0.05) is 6.07 Å². The summed E-state index contributed by atoms with van der Waals surface area (Å²) >= 11 is 0. The van der Waals surface area contributed by atoms with Crippen LogP contribution in [0.5, 0.6) is 0 Å². The Morgan fingerprint density at radius 1 is 1.09 bits per heavy atom. The predicted octanol–water partition coefficient (Wildman–Crippen LogP) is 2.42. The average Bonchev–Trinajstić information content (AvgIpc) is 3.33. The Morgan fingerprint density at radius 2 is 1.84 bits per heavy atom. The molecule has 1 saturated heterocycles. The molecule has 0 spiro atoms. The number of aromatic nitrogens is 1. The summed E-state index contributed by atoms with van der Waals surface area (Å²) in [5.74, 6) is 0.371. The largest absolute Gasteiger partial charge is 0.468 e. The van der Waals surface area contributed by atoms with Crippen LogP contribution in [0.4, 0.5) is 0 Å². The van der Waals surface area contributed by atoms with Crippen molar-refractivity contribution in [2.24, 2.45) is 0 Å². The Morgan fingerprint density at radius 3 is 2.53 bits per heavy atom. The number of benzene rings is 1. The van der Waals surface area contributed by atoms with Gasteiger partial charge in [0.15, 0.2) is 0 Å². The van der Waals surface area contributed by atoms with Gasteiger partial charge in [0.25, 0.3) is 5.91 Å². The number of rotatable bonds is 7. The number of furan rings is 1. The molecule has 168 valence electrons. The van der Waals surface area contributed by atoms with Crippen LogP contribution in [-0.2, 0) is 23.1 Å². The molecule has 3 heterocycles. The highest BCUT2D eigenvalue weighted by molar-refractivity contribution is 7.89. The molecule has 0 radical (unpaired) electrons. The third kappa shape index (κ3) is 5.24. The third-order valence-electron chi connectivity index (χ3n) is 5.58. The average molecular weight is 455 g/mol. The Hall–Kier alpha value is -3.01. The van der Waals surface area contributed by atoms with Crippen molar-refractivity contribution in [2.75, 3.05) is 26.2 Å². The number of sulfonamides is 1. The molecule has 1 aliphatic heterocycles. The van der Waals surface area contributed by atoms with Crippen molar-refractivity contribution in [1.82, 2.24) is 19.5 Å². The highest BCUT2D eigenvalue weighted by Gasteiger charge is 2.25.